The number of allylic oxidation sites excluding steroid dienone is 1. The summed E-state index contributed by atoms with van der Waals surface area (Å²) in [6.07, 6.45) is 0. The highest BCUT2D eigenvalue weighted by molar-refractivity contribution is 9.10. The van der Waals surface area contributed by atoms with E-state index in [-0.39, 0.29) is 5.57 Å². The van der Waals surface area contributed by atoms with Gasteiger partial charge in [0, 0.05) is 10.0 Å². The molecule has 0 saturated heterocycles. The van der Waals surface area contributed by atoms with Crippen LogP contribution in [0.2, 0.25) is 0 Å². The third kappa shape index (κ3) is 2.64. The molecule has 0 bridgehead atoms. The number of methoxy groups -OCH3 is 1. The average Bonchev–Trinajstić information content (AvgIpc) is 2.17. The second-order valence-electron chi connectivity index (χ2n) is 3.52. The topological polar surface area (TPSA) is 46.5 Å². The molecule has 1 aromatic carbocycles. The summed E-state index contributed by atoms with van der Waals surface area (Å²) >= 11 is 3.32. The molecule has 0 amide bonds. The van der Waals surface area contributed by atoms with Crippen molar-refractivity contribution in [1.82, 2.24) is 0 Å². The zero-order valence-corrected chi connectivity index (χ0v) is 11.0. The van der Waals surface area contributed by atoms with E-state index in [4.69, 9.17) is 4.74 Å². The van der Waals surface area contributed by atoms with Gasteiger partial charge in [0.1, 0.15) is 5.75 Å². The monoisotopic (exact) mass is 284 g/mol. The lowest BCUT2D eigenvalue weighted by Gasteiger charge is -2.11. The van der Waals surface area contributed by atoms with Crippen LogP contribution in [0.25, 0.3) is 5.57 Å². The summed E-state index contributed by atoms with van der Waals surface area (Å²) < 4.78 is 5.99. The molecule has 86 valence electrons. The fourth-order valence-corrected chi connectivity index (χ4v) is 1.84. The van der Waals surface area contributed by atoms with Crippen LogP contribution in [-0.2, 0) is 4.79 Å². The van der Waals surface area contributed by atoms with E-state index in [9.17, 15) is 9.90 Å². The second-order valence-corrected chi connectivity index (χ2v) is 4.44. The van der Waals surface area contributed by atoms with Crippen LogP contribution in [0.1, 0.15) is 19.4 Å². The maximum Gasteiger partial charge on any atom is 0.336 e. The molecule has 0 aliphatic heterocycles. The van der Waals surface area contributed by atoms with Crippen molar-refractivity contribution in [3.05, 3.63) is 33.8 Å². The minimum atomic E-state index is -0.948. The Kier molecular flexibility index (Phi) is 4.12. The van der Waals surface area contributed by atoms with E-state index < -0.39 is 5.97 Å². The minimum Gasteiger partial charge on any atom is -0.496 e. The molecule has 0 radical (unpaired) electrons. The quantitative estimate of drug-likeness (QED) is 0.866. The van der Waals surface area contributed by atoms with Gasteiger partial charge >= 0.3 is 5.97 Å². The Labute approximate surface area is 103 Å². The number of benzene rings is 1. The Morgan fingerprint density at radius 1 is 1.38 bits per heavy atom. The van der Waals surface area contributed by atoms with Gasteiger partial charge in [-0.05, 0) is 32.0 Å². The number of aliphatic carboxylic acids is 1. The van der Waals surface area contributed by atoms with Crippen molar-refractivity contribution in [3.8, 4) is 5.75 Å². The molecule has 3 nitrogen and oxygen atoms in total. The zero-order valence-electron chi connectivity index (χ0n) is 9.37. The highest BCUT2D eigenvalue weighted by Gasteiger charge is 2.16. The van der Waals surface area contributed by atoms with Crippen LogP contribution in [-0.4, -0.2) is 18.2 Å². The third-order valence-electron chi connectivity index (χ3n) is 2.14. The molecule has 0 heterocycles. The lowest BCUT2D eigenvalue weighted by molar-refractivity contribution is -0.130. The van der Waals surface area contributed by atoms with E-state index >= 15 is 0 Å². The first-order chi connectivity index (χ1) is 7.47. The van der Waals surface area contributed by atoms with Gasteiger partial charge in [0.05, 0.1) is 12.7 Å². The van der Waals surface area contributed by atoms with E-state index in [2.05, 4.69) is 15.9 Å². The van der Waals surface area contributed by atoms with Crippen LogP contribution in [0.5, 0.6) is 5.75 Å². The summed E-state index contributed by atoms with van der Waals surface area (Å²) in [6.45, 7) is 3.54. The minimum absolute atomic E-state index is 0.276. The van der Waals surface area contributed by atoms with Crippen LogP contribution in [0.15, 0.2) is 28.2 Å². The molecule has 4 heteroatoms. The van der Waals surface area contributed by atoms with Gasteiger partial charge in [-0.1, -0.05) is 21.5 Å². The lowest BCUT2D eigenvalue weighted by Crippen LogP contribution is -2.03. The number of ether oxygens (including phenoxy) is 1. The zero-order chi connectivity index (χ0) is 12.3. The standard InChI is InChI=1S/C12H13BrO3/c1-7(2)11(12(14)15)9-6-8(13)4-5-10(9)16-3/h4-6H,1-3H3,(H,14,15). The Balaban J connectivity index is 3.46. The highest BCUT2D eigenvalue weighted by atomic mass is 79.9. The maximum atomic E-state index is 11.2. The van der Waals surface area contributed by atoms with Gasteiger partial charge in [-0.3, -0.25) is 0 Å². The van der Waals surface area contributed by atoms with Crippen molar-refractivity contribution in [1.29, 1.82) is 0 Å². The Morgan fingerprint density at radius 2 is 2.00 bits per heavy atom. The van der Waals surface area contributed by atoms with Gasteiger partial charge in [-0.2, -0.15) is 0 Å². The lowest BCUT2D eigenvalue weighted by atomic mass is 10.0. The Morgan fingerprint density at radius 3 is 2.44 bits per heavy atom. The van der Waals surface area contributed by atoms with Gasteiger partial charge < -0.3 is 9.84 Å². The van der Waals surface area contributed by atoms with Gasteiger partial charge in [-0.15, -0.1) is 0 Å². The number of rotatable bonds is 3. The fraction of sp³-hybridized carbons (Fsp3) is 0.250. The van der Waals surface area contributed by atoms with Crippen molar-refractivity contribution in [2.24, 2.45) is 0 Å². The van der Waals surface area contributed by atoms with Crippen molar-refractivity contribution < 1.29 is 14.6 Å². The van der Waals surface area contributed by atoms with E-state index in [1.165, 1.54) is 7.11 Å². The van der Waals surface area contributed by atoms with Crippen molar-refractivity contribution >= 4 is 27.5 Å². The predicted molar refractivity (Wildman–Crippen MR) is 66.6 cm³/mol. The largest absolute Gasteiger partial charge is 0.496 e. The predicted octanol–water partition coefficient (Wildman–Crippen LogP) is 3.34. The number of hydrogen-bond acceptors (Lipinski definition) is 2. The van der Waals surface area contributed by atoms with E-state index in [0.29, 0.717) is 11.3 Å². The molecular weight excluding hydrogens is 272 g/mol. The molecule has 1 N–H and O–H groups in total. The van der Waals surface area contributed by atoms with Crippen LogP contribution < -0.4 is 4.74 Å². The second kappa shape index (κ2) is 5.16. The molecule has 0 aromatic heterocycles. The first-order valence-corrected chi connectivity index (χ1v) is 5.51. The molecule has 0 unspecified atom stereocenters. The smallest absolute Gasteiger partial charge is 0.336 e. The molecule has 0 fully saturated rings. The maximum absolute atomic E-state index is 11.2. The van der Waals surface area contributed by atoms with Crippen LogP contribution in [0.3, 0.4) is 0 Å². The molecule has 1 aromatic rings. The van der Waals surface area contributed by atoms with Crippen molar-refractivity contribution in [2.75, 3.05) is 7.11 Å². The summed E-state index contributed by atoms with van der Waals surface area (Å²) in [6, 6.07) is 5.30. The summed E-state index contributed by atoms with van der Waals surface area (Å²) in [5, 5.41) is 9.18. The summed E-state index contributed by atoms with van der Waals surface area (Å²) in [4.78, 5) is 11.2. The molecule has 0 atom stereocenters. The molecule has 0 aliphatic rings. The number of carboxylic acid groups (broad SMARTS) is 1. The molecular formula is C12H13BrO3. The van der Waals surface area contributed by atoms with Gasteiger partial charge in [0.15, 0.2) is 0 Å². The Bertz CT molecular complexity index is 446. The number of hydrogen-bond donors (Lipinski definition) is 1. The van der Waals surface area contributed by atoms with Crippen molar-refractivity contribution in [3.63, 3.8) is 0 Å². The van der Waals surface area contributed by atoms with Gasteiger partial charge in [0.25, 0.3) is 0 Å². The fourth-order valence-electron chi connectivity index (χ4n) is 1.47. The summed E-state index contributed by atoms with van der Waals surface area (Å²) in [5.74, 6) is -0.391. The molecule has 16 heavy (non-hydrogen) atoms. The summed E-state index contributed by atoms with van der Waals surface area (Å²) in [7, 11) is 1.53. The van der Waals surface area contributed by atoms with E-state index in [1.54, 1.807) is 26.0 Å². The molecule has 0 saturated carbocycles. The summed E-state index contributed by atoms with van der Waals surface area (Å²) in [5.41, 5.74) is 1.60. The molecule has 0 spiro atoms. The normalized spacial score (nSPS) is 9.75. The molecule has 1 rings (SSSR count). The first kappa shape index (κ1) is 12.8. The SMILES string of the molecule is COc1ccc(Br)cc1C(C(=O)O)=C(C)C. The first-order valence-electron chi connectivity index (χ1n) is 4.72. The van der Waals surface area contributed by atoms with Crippen molar-refractivity contribution in [2.45, 2.75) is 13.8 Å². The Hall–Kier alpha value is -1.29. The highest BCUT2D eigenvalue weighted by Crippen LogP contribution is 2.31. The van der Waals surface area contributed by atoms with E-state index in [0.717, 1.165) is 10.0 Å². The van der Waals surface area contributed by atoms with Gasteiger partial charge in [-0.25, -0.2) is 4.79 Å². The number of carbonyl (C=O) groups is 1. The van der Waals surface area contributed by atoms with Crippen LogP contribution in [0, 0.1) is 0 Å². The third-order valence-corrected chi connectivity index (χ3v) is 2.64. The average molecular weight is 285 g/mol. The molecule has 0 aliphatic carbocycles. The van der Waals surface area contributed by atoms with Gasteiger partial charge in [0.2, 0.25) is 0 Å². The number of halogens is 1. The van der Waals surface area contributed by atoms with Crippen LogP contribution >= 0.6 is 15.9 Å². The van der Waals surface area contributed by atoms with E-state index in [1.807, 2.05) is 6.07 Å². The van der Waals surface area contributed by atoms with Crippen LogP contribution in [0.4, 0.5) is 0 Å². The number of carboxylic acids is 1.